The first-order valence-corrected chi connectivity index (χ1v) is 6.23. The van der Waals surface area contributed by atoms with Gasteiger partial charge in [-0.25, -0.2) is 8.78 Å². The van der Waals surface area contributed by atoms with Gasteiger partial charge in [-0.3, -0.25) is 9.69 Å². The zero-order valence-electron chi connectivity index (χ0n) is 10.8. The number of hydrogen-bond donors (Lipinski definition) is 1. The van der Waals surface area contributed by atoms with Crippen LogP contribution in [-0.2, 0) is 0 Å². The Labute approximate surface area is 114 Å². The molecule has 2 rings (SSSR count). The van der Waals surface area contributed by atoms with Gasteiger partial charge in [0.05, 0.1) is 19.7 Å². The smallest absolute Gasteiger partial charge is 0.251 e. The number of furan rings is 1. The molecule has 0 unspecified atom stereocenters. The highest BCUT2D eigenvalue weighted by atomic mass is 19.3. The molecule has 0 saturated heterocycles. The van der Waals surface area contributed by atoms with Gasteiger partial charge in [-0.05, 0) is 12.1 Å². The molecule has 0 spiro atoms. The van der Waals surface area contributed by atoms with Gasteiger partial charge in [0.2, 0.25) is 5.78 Å². The van der Waals surface area contributed by atoms with Crippen LogP contribution in [0.1, 0.15) is 10.6 Å². The van der Waals surface area contributed by atoms with E-state index in [1.54, 1.807) is 24.3 Å². The second-order valence-electron chi connectivity index (χ2n) is 4.42. The molecule has 0 fully saturated rings. The number of halogens is 2. The van der Waals surface area contributed by atoms with Crippen LogP contribution < -0.4 is 0 Å². The number of carbonyl (C=O) groups is 1. The van der Waals surface area contributed by atoms with Gasteiger partial charge in [0.1, 0.15) is 5.58 Å². The first-order chi connectivity index (χ1) is 9.60. The number of para-hydroxylation sites is 1. The van der Waals surface area contributed by atoms with Gasteiger partial charge in [-0.15, -0.1) is 0 Å². The molecular weight excluding hydrogens is 268 g/mol. The van der Waals surface area contributed by atoms with Crippen LogP contribution in [0.3, 0.4) is 0 Å². The molecule has 1 aromatic heterocycles. The van der Waals surface area contributed by atoms with Crippen molar-refractivity contribution in [3.63, 3.8) is 0 Å². The Morgan fingerprint density at radius 3 is 2.75 bits per heavy atom. The first kappa shape index (κ1) is 14.6. The summed E-state index contributed by atoms with van der Waals surface area (Å²) in [5.74, 6) is -0.237. The quantitative estimate of drug-likeness (QED) is 0.791. The van der Waals surface area contributed by atoms with Crippen molar-refractivity contribution in [2.24, 2.45) is 0 Å². The van der Waals surface area contributed by atoms with Gasteiger partial charge in [0.15, 0.2) is 5.76 Å². The maximum absolute atomic E-state index is 12.4. The van der Waals surface area contributed by atoms with E-state index in [4.69, 9.17) is 9.52 Å². The Bertz CT molecular complexity index is 550. The van der Waals surface area contributed by atoms with Crippen molar-refractivity contribution in [1.82, 2.24) is 4.90 Å². The highest BCUT2D eigenvalue weighted by Crippen LogP contribution is 2.19. The molecule has 0 saturated carbocycles. The molecule has 20 heavy (non-hydrogen) atoms. The number of Topliss-reactive ketones (excluding diaryl/α,β-unsaturated/α-hetero) is 1. The molecule has 0 atom stereocenters. The minimum atomic E-state index is -2.55. The molecule has 0 aliphatic rings. The number of aliphatic hydroxyl groups excluding tert-OH is 1. The summed E-state index contributed by atoms with van der Waals surface area (Å²) in [6.07, 6.45) is -2.55. The average molecular weight is 283 g/mol. The molecule has 4 nitrogen and oxygen atoms in total. The summed E-state index contributed by atoms with van der Waals surface area (Å²) in [5, 5.41) is 9.62. The fourth-order valence-electron chi connectivity index (χ4n) is 1.97. The van der Waals surface area contributed by atoms with Crippen molar-refractivity contribution in [3.05, 3.63) is 36.1 Å². The Morgan fingerprint density at radius 2 is 2.10 bits per heavy atom. The summed E-state index contributed by atoms with van der Waals surface area (Å²) in [6.45, 7) is -1.01. The Balaban J connectivity index is 2.09. The van der Waals surface area contributed by atoms with E-state index >= 15 is 0 Å². The van der Waals surface area contributed by atoms with Crippen LogP contribution in [0.2, 0.25) is 0 Å². The summed E-state index contributed by atoms with van der Waals surface area (Å²) in [4.78, 5) is 13.2. The lowest BCUT2D eigenvalue weighted by Gasteiger charge is -2.19. The molecule has 1 heterocycles. The predicted molar refractivity (Wildman–Crippen MR) is 70.1 cm³/mol. The van der Waals surface area contributed by atoms with Crippen LogP contribution >= 0.6 is 0 Å². The molecule has 0 aliphatic carbocycles. The third-order valence-corrected chi connectivity index (χ3v) is 2.88. The number of benzene rings is 1. The fourth-order valence-corrected chi connectivity index (χ4v) is 1.97. The van der Waals surface area contributed by atoms with Crippen molar-refractivity contribution in [1.29, 1.82) is 0 Å². The number of hydrogen-bond acceptors (Lipinski definition) is 4. The van der Waals surface area contributed by atoms with Crippen molar-refractivity contribution in [2.45, 2.75) is 6.43 Å². The van der Waals surface area contributed by atoms with Crippen molar-refractivity contribution >= 4 is 16.8 Å². The van der Waals surface area contributed by atoms with Crippen LogP contribution in [0.5, 0.6) is 0 Å². The minimum Gasteiger partial charge on any atom is -0.453 e. The number of rotatable bonds is 7. The molecular formula is C14H15F2NO3. The number of ketones is 1. The maximum Gasteiger partial charge on any atom is 0.251 e. The second-order valence-corrected chi connectivity index (χ2v) is 4.42. The SMILES string of the molecule is O=C(CN(CCO)CC(F)F)c1cc2ccccc2o1. The predicted octanol–water partition coefficient (Wildman–Crippen LogP) is 2.17. The Morgan fingerprint density at radius 1 is 1.35 bits per heavy atom. The topological polar surface area (TPSA) is 53.7 Å². The fraction of sp³-hybridized carbons (Fsp3) is 0.357. The normalized spacial score (nSPS) is 11.7. The largest absolute Gasteiger partial charge is 0.453 e. The molecule has 108 valence electrons. The van der Waals surface area contributed by atoms with E-state index in [9.17, 15) is 13.6 Å². The van der Waals surface area contributed by atoms with E-state index in [-0.39, 0.29) is 31.2 Å². The van der Waals surface area contributed by atoms with Crippen LogP contribution in [0.25, 0.3) is 11.0 Å². The van der Waals surface area contributed by atoms with Crippen LogP contribution in [-0.4, -0.2) is 48.5 Å². The van der Waals surface area contributed by atoms with Crippen LogP contribution in [0.4, 0.5) is 8.78 Å². The van der Waals surface area contributed by atoms with Crippen molar-refractivity contribution < 1.29 is 23.1 Å². The zero-order chi connectivity index (χ0) is 14.5. The van der Waals surface area contributed by atoms with Crippen molar-refractivity contribution in [2.75, 3.05) is 26.2 Å². The molecule has 0 amide bonds. The third kappa shape index (κ3) is 3.61. The number of aliphatic hydroxyl groups is 1. The zero-order valence-corrected chi connectivity index (χ0v) is 10.8. The van der Waals surface area contributed by atoms with E-state index < -0.39 is 13.0 Å². The first-order valence-electron chi connectivity index (χ1n) is 6.23. The van der Waals surface area contributed by atoms with E-state index in [0.29, 0.717) is 5.58 Å². The highest BCUT2D eigenvalue weighted by molar-refractivity contribution is 5.98. The van der Waals surface area contributed by atoms with Gasteiger partial charge in [-0.2, -0.15) is 0 Å². The third-order valence-electron chi connectivity index (χ3n) is 2.88. The standard InChI is InChI=1S/C14H15F2NO3/c15-14(16)9-17(5-6-18)8-11(19)13-7-10-3-1-2-4-12(10)20-13/h1-4,7,14,18H,5-6,8-9H2. The van der Waals surface area contributed by atoms with Crippen molar-refractivity contribution in [3.8, 4) is 0 Å². The van der Waals surface area contributed by atoms with Gasteiger partial charge >= 0.3 is 0 Å². The lowest BCUT2D eigenvalue weighted by molar-refractivity contribution is 0.0675. The van der Waals surface area contributed by atoms with Gasteiger partial charge in [-0.1, -0.05) is 18.2 Å². The highest BCUT2D eigenvalue weighted by Gasteiger charge is 2.18. The van der Waals surface area contributed by atoms with E-state index in [1.807, 2.05) is 6.07 Å². The number of fused-ring (bicyclic) bond motifs is 1. The Kier molecular flexibility index (Phi) is 4.81. The maximum atomic E-state index is 12.4. The monoisotopic (exact) mass is 283 g/mol. The van der Waals surface area contributed by atoms with Gasteiger partial charge in [0.25, 0.3) is 6.43 Å². The minimum absolute atomic E-state index is 0.0241. The molecule has 0 aliphatic heterocycles. The molecule has 0 radical (unpaired) electrons. The summed E-state index contributed by atoms with van der Waals surface area (Å²) in [7, 11) is 0. The number of carbonyl (C=O) groups excluding carboxylic acids is 1. The lowest BCUT2D eigenvalue weighted by atomic mass is 10.2. The Hall–Kier alpha value is -1.79. The summed E-state index contributed by atoms with van der Waals surface area (Å²) in [6, 6.07) is 8.74. The lowest BCUT2D eigenvalue weighted by Crippen LogP contribution is -2.36. The second kappa shape index (κ2) is 6.58. The van der Waals surface area contributed by atoms with E-state index in [2.05, 4.69) is 0 Å². The van der Waals surface area contributed by atoms with Gasteiger partial charge in [0, 0.05) is 11.9 Å². The molecule has 0 bridgehead atoms. The average Bonchev–Trinajstić information content (AvgIpc) is 2.82. The summed E-state index contributed by atoms with van der Waals surface area (Å²) >= 11 is 0. The number of alkyl halides is 2. The summed E-state index contributed by atoms with van der Waals surface area (Å²) in [5.41, 5.74) is 0.582. The van der Waals surface area contributed by atoms with Crippen LogP contribution in [0.15, 0.2) is 34.7 Å². The molecule has 2 aromatic rings. The molecule has 6 heteroatoms. The van der Waals surface area contributed by atoms with E-state index in [0.717, 1.165) is 5.39 Å². The summed E-state index contributed by atoms with van der Waals surface area (Å²) < 4.78 is 30.1. The molecule has 1 aromatic carbocycles. The van der Waals surface area contributed by atoms with E-state index in [1.165, 1.54) is 4.90 Å². The van der Waals surface area contributed by atoms with Crippen LogP contribution in [0, 0.1) is 0 Å². The number of nitrogens with zero attached hydrogens (tertiary/aromatic N) is 1. The van der Waals surface area contributed by atoms with Gasteiger partial charge < -0.3 is 9.52 Å². The molecule has 1 N–H and O–H groups in total.